The summed E-state index contributed by atoms with van der Waals surface area (Å²) >= 11 is 0. The van der Waals surface area contributed by atoms with Gasteiger partial charge in [0.25, 0.3) is 5.56 Å². The highest BCUT2D eigenvalue weighted by atomic mass is 16.5. The van der Waals surface area contributed by atoms with Gasteiger partial charge in [0.1, 0.15) is 0 Å². The van der Waals surface area contributed by atoms with Crippen LogP contribution in [-0.2, 0) is 27.1 Å². The Morgan fingerprint density at radius 1 is 1.09 bits per heavy atom. The number of hydrogen-bond acceptors (Lipinski definition) is 7. The van der Waals surface area contributed by atoms with Gasteiger partial charge in [-0.2, -0.15) is 0 Å². The molecule has 3 rings (SSSR count). The Kier molecular flexibility index (Phi) is 7.39. The second-order valence-corrected chi connectivity index (χ2v) is 7.10. The predicted molar refractivity (Wildman–Crippen MR) is 122 cm³/mol. The Balaban J connectivity index is 2.15. The number of aromatic nitrogens is 3. The molecule has 33 heavy (non-hydrogen) atoms. The first-order valence-electron chi connectivity index (χ1n) is 10.2. The van der Waals surface area contributed by atoms with Gasteiger partial charge in [0.15, 0.2) is 5.88 Å². The fourth-order valence-corrected chi connectivity index (χ4v) is 3.34. The van der Waals surface area contributed by atoms with Crippen LogP contribution in [-0.4, -0.2) is 47.9 Å². The normalized spacial score (nSPS) is 12.1. The number of carbonyl (C=O) groups excluding carboxylic acids is 2. The Morgan fingerprint density at radius 3 is 2.45 bits per heavy atom. The third-order valence-electron chi connectivity index (χ3n) is 4.98. The van der Waals surface area contributed by atoms with Gasteiger partial charge in [0.05, 0.1) is 49.1 Å². The highest BCUT2D eigenvalue weighted by Crippen LogP contribution is 2.28. The van der Waals surface area contributed by atoms with Gasteiger partial charge >= 0.3 is 11.9 Å². The van der Waals surface area contributed by atoms with Gasteiger partial charge in [-0.1, -0.05) is 18.2 Å². The predicted octanol–water partition coefficient (Wildman–Crippen LogP) is 0.366. The van der Waals surface area contributed by atoms with Gasteiger partial charge in [-0.25, -0.2) is 4.79 Å². The van der Waals surface area contributed by atoms with Gasteiger partial charge < -0.3 is 24.9 Å². The lowest BCUT2D eigenvalue weighted by Gasteiger charge is -2.06. The number of carbonyl (C=O) groups is 2. The van der Waals surface area contributed by atoms with E-state index in [1.54, 1.807) is 19.1 Å². The summed E-state index contributed by atoms with van der Waals surface area (Å²) in [5.74, 6) is -1.00. The number of aromatic amines is 3. The van der Waals surface area contributed by atoms with Gasteiger partial charge in [-0.15, -0.1) is 0 Å². The molecule has 0 spiro atoms. The van der Waals surface area contributed by atoms with Crippen molar-refractivity contribution in [3.63, 3.8) is 0 Å². The molecule has 3 aromatic rings. The number of nitrogen functional groups attached to an aromatic ring is 1. The number of H-pyrrole nitrogens is 3. The molecule has 0 bridgehead atoms. The van der Waals surface area contributed by atoms with E-state index in [4.69, 9.17) is 19.9 Å². The Hall–Kier alpha value is -4.21. The minimum atomic E-state index is -0.679. The summed E-state index contributed by atoms with van der Waals surface area (Å²) in [6.45, 7) is 2.06. The van der Waals surface area contributed by atoms with Gasteiger partial charge in [0, 0.05) is 11.3 Å². The fourth-order valence-electron chi connectivity index (χ4n) is 3.34. The summed E-state index contributed by atoms with van der Waals surface area (Å²) in [6.07, 6.45) is 3.69. The van der Waals surface area contributed by atoms with E-state index in [-0.39, 0.29) is 29.1 Å². The first-order chi connectivity index (χ1) is 15.9. The van der Waals surface area contributed by atoms with Crippen LogP contribution in [0.2, 0.25) is 0 Å². The van der Waals surface area contributed by atoms with Crippen LogP contribution in [0.4, 0.5) is 5.69 Å². The molecule has 5 N–H and O–H groups in total. The maximum Gasteiger partial charge on any atom is 0.340 e. The van der Waals surface area contributed by atoms with Crippen molar-refractivity contribution in [2.45, 2.75) is 19.8 Å². The number of benzene rings is 1. The van der Waals surface area contributed by atoms with E-state index in [9.17, 15) is 14.4 Å². The van der Waals surface area contributed by atoms with Crippen LogP contribution < -0.4 is 26.6 Å². The minimum Gasteiger partial charge on any atom is -0.479 e. The zero-order valence-corrected chi connectivity index (χ0v) is 18.6. The average molecular weight is 454 g/mol. The molecule has 0 amide bonds. The fraction of sp³-hybridized carbons (Fsp3) is 0.261. The molecule has 0 fully saturated rings. The molecular formula is C23H26N4O6. The number of rotatable bonds is 8. The number of anilines is 1. The summed E-state index contributed by atoms with van der Waals surface area (Å²) in [7, 11) is 2.49. The molecule has 10 heteroatoms. The molecule has 0 aliphatic carbocycles. The third-order valence-corrected chi connectivity index (χ3v) is 4.98. The minimum absolute atomic E-state index is 0.0939. The lowest BCUT2D eigenvalue weighted by Crippen LogP contribution is -2.33. The van der Waals surface area contributed by atoms with Crippen LogP contribution in [0.3, 0.4) is 0 Å². The van der Waals surface area contributed by atoms with Crippen molar-refractivity contribution in [2.75, 3.05) is 26.6 Å². The molecule has 0 unspecified atom stereocenters. The number of ether oxygens (including phenoxy) is 3. The molecular weight excluding hydrogens is 428 g/mol. The molecule has 1 aromatic carbocycles. The Bertz CT molecular complexity index is 1310. The molecule has 10 nitrogen and oxygen atoms in total. The zero-order chi connectivity index (χ0) is 24.0. The molecule has 0 saturated carbocycles. The maximum atomic E-state index is 12.6. The van der Waals surface area contributed by atoms with Crippen molar-refractivity contribution in [3.05, 3.63) is 67.6 Å². The van der Waals surface area contributed by atoms with E-state index in [0.717, 1.165) is 5.56 Å². The lowest BCUT2D eigenvalue weighted by molar-refractivity contribution is -0.139. The van der Waals surface area contributed by atoms with E-state index in [2.05, 4.69) is 15.2 Å². The number of hydrogen-bond donors (Lipinski definition) is 4. The highest BCUT2D eigenvalue weighted by molar-refractivity contribution is 5.97. The molecule has 2 aromatic heterocycles. The number of methoxy groups -OCH3 is 2. The first kappa shape index (κ1) is 23.5. The molecule has 0 aliphatic heterocycles. The second kappa shape index (κ2) is 10.4. The van der Waals surface area contributed by atoms with E-state index in [1.165, 1.54) is 20.3 Å². The molecule has 2 heterocycles. The van der Waals surface area contributed by atoms with Gasteiger partial charge in [-0.05, 0) is 37.1 Å². The van der Waals surface area contributed by atoms with E-state index >= 15 is 0 Å². The SMILES string of the molecule is CCOc1[nH]c(C=c2c(=O)[nH][nH]c2=CCc2ccc(N)cc2)c(C(=O)OC)c1CC(=O)OC. The Labute approximate surface area is 189 Å². The third kappa shape index (κ3) is 5.35. The summed E-state index contributed by atoms with van der Waals surface area (Å²) in [5.41, 5.74) is 7.68. The topological polar surface area (TPSA) is 152 Å². The van der Waals surface area contributed by atoms with Crippen molar-refractivity contribution in [1.29, 1.82) is 0 Å². The smallest absolute Gasteiger partial charge is 0.340 e. The summed E-state index contributed by atoms with van der Waals surface area (Å²) in [5, 5.41) is 6.23. The van der Waals surface area contributed by atoms with Crippen molar-refractivity contribution >= 4 is 29.8 Å². The van der Waals surface area contributed by atoms with Crippen molar-refractivity contribution in [1.82, 2.24) is 15.2 Å². The first-order valence-corrected chi connectivity index (χ1v) is 10.2. The molecule has 0 aliphatic rings. The highest BCUT2D eigenvalue weighted by Gasteiger charge is 2.26. The Morgan fingerprint density at radius 2 is 1.82 bits per heavy atom. The number of nitrogens with one attached hydrogen (secondary N) is 3. The summed E-state index contributed by atoms with van der Waals surface area (Å²) in [4.78, 5) is 40.0. The van der Waals surface area contributed by atoms with E-state index < -0.39 is 11.9 Å². The lowest BCUT2D eigenvalue weighted by atomic mass is 10.1. The van der Waals surface area contributed by atoms with Crippen LogP contribution in [0.1, 0.15) is 34.1 Å². The van der Waals surface area contributed by atoms with Crippen molar-refractivity contribution < 1.29 is 23.8 Å². The number of nitrogens with two attached hydrogens (primary N) is 1. The monoisotopic (exact) mass is 454 g/mol. The van der Waals surface area contributed by atoms with Crippen molar-refractivity contribution in [3.8, 4) is 5.88 Å². The number of esters is 2. The van der Waals surface area contributed by atoms with Crippen molar-refractivity contribution in [2.24, 2.45) is 0 Å². The van der Waals surface area contributed by atoms with Gasteiger partial charge in [-0.3, -0.25) is 19.8 Å². The summed E-state index contributed by atoms with van der Waals surface area (Å²) < 4.78 is 15.3. The maximum absolute atomic E-state index is 12.6. The van der Waals surface area contributed by atoms with Crippen LogP contribution >= 0.6 is 0 Å². The largest absolute Gasteiger partial charge is 0.479 e. The van der Waals surface area contributed by atoms with Crippen LogP contribution in [0, 0.1) is 0 Å². The standard InChI is InChI=1S/C23H26N4O6/c1-4-33-22-16(12-19(28)31-2)20(23(30)32-3)18(25-22)11-15-17(26-27-21(15)29)10-7-13-5-8-14(24)9-6-13/h5-6,8-11,25-26H,4,7,12,24H2,1-3H3,(H,27,29). The second-order valence-electron chi connectivity index (χ2n) is 7.10. The van der Waals surface area contributed by atoms with Crippen LogP contribution in [0.5, 0.6) is 5.88 Å². The molecule has 174 valence electrons. The molecule has 0 radical (unpaired) electrons. The van der Waals surface area contributed by atoms with Crippen LogP contribution in [0.15, 0.2) is 29.1 Å². The van der Waals surface area contributed by atoms with Crippen LogP contribution in [0.25, 0.3) is 12.2 Å². The molecule has 0 atom stereocenters. The van der Waals surface area contributed by atoms with E-state index in [0.29, 0.717) is 34.8 Å². The average Bonchev–Trinajstić information content (AvgIpc) is 3.33. The quantitative estimate of drug-likeness (QED) is 0.283. The van der Waals surface area contributed by atoms with Gasteiger partial charge in [0.2, 0.25) is 0 Å². The molecule has 0 saturated heterocycles. The zero-order valence-electron chi connectivity index (χ0n) is 18.6. The van der Waals surface area contributed by atoms with E-state index in [1.807, 2.05) is 18.2 Å². The summed E-state index contributed by atoms with van der Waals surface area (Å²) in [6, 6.07) is 7.40.